The van der Waals surface area contributed by atoms with Crippen LogP contribution in [-0.2, 0) is 4.84 Å². The van der Waals surface area contributed by atoms with Crippen LogP contribution in [0.2, 0.25) is 5.02 Å². The average Bonchev–Trinajstić information content (AvgIpc) is 3.10. The maximum atomic E-state index is 15.1. The van der Waals surface area contributed by atoms with Crippen LogP contribution < -0.4 is 5.32 Å². The highest BCUT2D eigenvalue weighted by molar-refractivity contribution is 6.32. The van der Waals surface area contributed by atoms with Crippen molar-refractivity contribution in [3.8, 4) is 11.1 Å². The molecule has 3 aliphatic rings. The molecule has 2 bridgehead atoms. The van der Waals surface area contributed by atoms with Crippen molar-refractivity contribution < 1.29 is 13.6 Å². The van der Waals surface area contributed by atoms with E-state index in [0.717, 1.165) is 48.2 Å². The van der Waals surface area contributed by atoms with Crippen LogP contribution in [0.1, 0.15) is 35.6 Å². The summed E-state index contributed by atoms with van der Waals surface area (Å²) in [5.41, 5.74) is 5.66. The standard InChI is InChI=1S/C31H30ClF2N5O/c1-19-3-6-27(30(34)36-19)22-4-7-25(28(32)14-22)23-13-20-16-35-31(39(17-20)40-18-23)37-24-5-8-26(29(33)15-24)21-9-11-38(2)12-10-21/h3-8,13-16,21H,9-12,17-18H2,1-2H3,(H,35,37). The van der Waals surface area contributed by atoms with Gasteiger partial charge in [-0.1, -0.05) is 29.8 Å². The fraction of sp³-hybridized carbons (Fsp3) is 0.290. The number of fused-ring (bicyclic) bond motifs is 2. The number of hydroxylamine groups is 2. The minimum atomic E-state index is -0.527. The number of likely N-dealkylation sites (tertiary alicyclic amines) is 1. The van der Waals surface area contributed by atoms with Crippen molar-refractivity contribution >= 4 is 28.8 Å². The molecule has 2 aromatic carbocycles. The van der Waals surface area contributed by atoms with Crippen LogP contribution >= 0.6 is 11.6 Å². The summed E-state index contributed by atoms with van der Waals surface area (Å²) in [6.07, 6.45) is 5.70. The molecule has 4 heterocycles. The van der Waals surface area contributed by atoms with Gasteiger partial charge in [-0.3, -0.25) is 4.84 Å². The molecule has 0 atom stereocenters. The molecule has 206 valence electrons. The number of pyridine rings is 1. The van der Waals surface area contributed by atoms with Gasteiger partial charge in [-0.15, -0.1) is 0 Å². The summed E-state index contributed by atoms with van der Waals surface area (Å²) in [5.74, 6) is -0.00303. The zero-order valence-electron chi connectivity index (χ0n) is 22.4. The molecule has 0 unspecified atom stereocenters. The second-order valence-electron chi connectivity index (χ2n) is 10.6. The number of halogens is 3. The molecule has 0 spiro atoms. The lowest BCUT2D eigenvalue weighted by molar-refractivity contribution is -0.0743. The average molecular weight is 562 g/mol. The number of benzene rings is 2. The number of aromatic nitrogens is 1. The maximum absolute atomic E-state index is 15.1. The third-order valence-corrected chi connectivity index (χ3v) is 7.99. The zero-order chi connectivity index (χ0) is 27.8. The summed E-state index contributed by atoms with van der Waals surface area (Å²) in [6, 6.07) is 14.2. The number of anilines is 1. The number of nitrogens with zero attached hydrogens (tertiary/aromatic N) is 4. The third kappa shape index (κ3) is 5.52. The summed E-state index contributed by atoms with van der Waals surface area (Å²) in [4.78, 5) is 16.8. The molecule has 1 N–H and O–H groups in total. The van der Waals surface area contributed by atoms with Gasteiger partial charge in [-0.25, -0.2) is 19.4 Å². The van der Waals surface area contributed by atoms with E-state index in [9.17, 15) is 4.39 Å². The highest BCUT2D eigenvalue weighted by atomic mass is 35.5. The van der Waals surface area contributed by atoms with E-state index < -0.39 is 5.95 Å². The fourth-order valence-electron chi connectivity index (χ4n) is 5.41. The molecule has 0 amide bonds. The van der Waals surface area contributed by atoms with Gasteiger partial charge in [0.15, 0.2) is 0 Å². The number of piperidine rings is 1. The first-order chi connectivity index (χ1) is 19.3. The second kappa shape index (κ2) is 11.1. The van der Waals surface area contributed by atoms with Crippen LogP contribution in [0.15, 0.2) is 71.4 Å². The first kappa shape index (κ1) is 26.6. The third-order valence-electron chi connectivity index (χ3n) is 7.68. The topological polar surface area (TPSA) is 53.0 Å². The number of aryl methyl sites for hydroxylation is 1. The first-order valence-electron chi connectivity index (χ1n) is 13.4. The van der Waals surface area contributed by atoms with Gasteiger partial charge in [0.2, 0.25) is 11.9 Å². The molecule has 1 saturated heterocycles. The van der Waals surface area contributed by atoms with Gasteiger partial charge in [0.1, 0.15) is 12.4 Å². The summed E-state index contributed by atoms with van der Waals surface area (Å²) in [6.45, 7) is 4.44. The molecule has 9 heteroatoms. The van der Waals surface area contributed by atoms with Gasteiger partial charge in [0.05, 0.1) is 6.54 Å². The molecule has 6 rings (SSSR count). The Balaban J connectivity index is 1.17. The zero-order valence-corrected chi connectivity index (χ0v) is 23.2. The molecule has 40 heavy (non-hydrogen) atoms. The van der Waals surface area contributed by atoms with Gasteiger partial charge in [-0.05, 0) is 110 Å². The van der Waals surface area contributed by atoms with Crippen LogP contribution in [0.3, 0.4) is 0 Å². The lowest BCUT2D eigenvalue weighted by atomic mass is 9.89. The van der Waals surface area contributed by atoms with Gasteiger partial charge in [0.25, 0.3) is 0 Å². The van der Waals surface area contributed by atoms with Crippen LogP contribution in [0, 0.1) is 18.7 Å². The predicted molar refractivity (Wildman–Crippen MR) is 155 cm³/mol. The SMILES string of the molecule is Cc1ccc(-c2ccc(C3=CC4=CN=C(Nc5ccc(C6CCN(C)CC6)c(F)c5)N(C4)OC3)c(Cl)c2)c(F)n1. The summed E-state index contributed by atoms with van der Waals surface area (Å²) in [7, 11) is 2.10. The van der Waals surface area contributed by atoms with Crippen LogP contribution in [0.4, 0.5) is 14.5 Å². The van der Waals surface area contributed by atoms with E-state index in [1.807, 2.05) is 30.3 Å². The van der Waals surface area contributed by atoms with E-state index in [1.54, 1.807) is 36.4 Å². The Morgan fingerprint density at radius 3 is 2.58 bits per heavy atom. The number of nitrogens with one attached hydrogen (secondary N) is 1. The molecular weight excluding hydrogens is 532 g/mol. The molecule has 0 aliphatic carbocycles. The predicted octanol–water partition coefficient (Wildman–Crippen LogP) is 6.79. The smallest absolute Gasteiger partial charge is 0.227 e. The second-order valence-corrected chi connectivity index (χ2v) is 11.0. The van der Waals surface area contributed by atoms with Crippen molar-refractivity contribution in [2.75, 3.05) is 38.6 Å². The van der Waals surface area contributed by atoms with Crippen molar-refractivity contribution in [1.82, 2.24) is 14.9 Å². The highest BCUT2D eigenvalue weighted by Gasteiger charge is 2.25. The van der Waals surface area contributed by atoms with Gasteiger partial charge in [-0.2, -0.15) is 4.39 Å². The minimum Gasteiger partial charge on any atom is -0.324 e. The molecule has 3 aromatic rings. The van der Waals surface area contributed by atoms with E-state index in [1.165, 1.54) is 6.07 Å². The Morgan fingerprint density at radius 1 is 1.02 bits per heavy atom. The lowest BCUT2D eigenvalue weighted by Gasteiger charge is -2.29. The van der Waals surface area contributed by atoms with E-state index in [2.05, 4.69) is 27.2 Å². The fourth-order valence-corrected chi connectivity index (χ4v) is 5.71. The van der Waals surface area contributed by atoms with Crippen molar-refractivity contribution in [2.24, 2.45) is 4.99 Å². The van der Waals surface area contributed by atoms with Crippen molar-refractivity contribution in [1.29, 1.82) is 0 Å². The van der Waals surface area contributed by atoms with Gasteiger partial charge in [0, 0.05) is 28.2 Å². The number of aliphatic imine (C=N–C) groups is 1. The highest BCUT2D eigenvalue weighted by Crippen LogP contribution is 2.34. The van der Waals surface area contributed by atoms with Gasteiger partial charge < -0.3 is 10.2 Å². The Kier molecular flexibility index (Phi) is 7.40. The van der Waals surface area contributed by atoms with Crippen molar-refractivity contribution in [3.63, 3.8) is 0 Å². The lowest BCUT2D eigenvalue weighted by Crippen LogP contribution is -2.38. The Labute approximate surface area is 237 Å². The Morgan fingerprint density at radius 2 is 1.82 bits per heavy atom. The number of hydrogen-bond donors (Lipinski definition) is 1. The van der Waals surface area contributed by atoms with Crippen LogP contribution in [0.25, 0.3) is 16.7 Å². The normalized spacial score (nSPS) is 18.1. The minimum absolute atomic E-state index is 0.202. The largest absolute Gasteiger partial charge is 0.324 e. The van der Waals surface area contributed by atoms with Crippen molar-refractivity contribution in [3.05, 3.63) is 100.0 Å². The molecule has 1 fully saturated rings. The molecule has 1 aromatic heterocycles. The summed E-state index contributed by atoms with van der Waals surface area (Å²) in [5, 5.41) is 5.36. The number of hydrogen-bond acceptors (Lipinski definition) is 6. The van der Waals surface area contributed by atoms with E-state index in [4.69, 9.17) is 16.4 Å². The Hall–Kier alpha value is -3.59. The quantitative estimate of drug-likeness (QED) is 0.355. The maximum Gasteiger partial charge on any atom is 0.227 e. The first-order valence-corrected chi connectivity index (χ1v) is 13.8. The van der Waals surface area contributed by atoms with Crippen LogP contribution in [0.5, 0.6) is 0 Å². The van der Waals surface area contributed by atoms with E-state index in [-0.39, 0.29) is 18.3 Å². The number of guanidine groups is 1. The summed E-state index contributed by atoms with van der Waals surface area (Å²) >= 11 is 6.67. The van der Waals surface area contributed by atoms with Crippen LogP contribution in [-0.4, -0.2) is 54.2 Å². The monoisotopic (exact) mass is 561 g/mol. The number of rotatable bonds is 4. The molecule has 0 radical (unpaired) electrons. The van der Waals surface area contributed by atoms with Crippen molar-refractivity contribution in [2.45, 2.75) is 25.7 Å². The van der Waals surface area contributed by atoms with E-state index in [0.29, 0.717) is 40.0 Å². The molecule has 3 aliphatic heterocycles. The Bertz CT molecular complexity index is 1540. The molecular formula is C31H30ClF2N5O. The summed E-state index contributed by atoms with van der Waals surface area (Å²) < 4.78 is 29.5. The molecule has 0 saturated carbocycles. The van der Waals surface area contributed by atoms with Gasteiger partial charge >= 0.3 is 0 Å². The van der Waals surface area contributed by atoms with E-state index >= 15 is 4.39 Å². The molecule has 6 nitrogen and oxygen atoms in total.